The van der Waals surface area contributed by atoms with Crippen molar-refractivity contribution in [1.82, 2.24) is 14.9 Å². The molecule has 0 spiro atoms. The van der Waals surface area contributed by atoms with Gasteiger partial charge in [0, 0.05) is 24.1 Å². The Morgan fingerprint density at radius 1 is 1.11 bits per heavy atom. The number of ether oxygens (including phenoxy) is 4. The van der Waals surface area contributed by atoms with E-state index in [0.717, 1.165) is 0 Å². The molecule has 0 aliphatic heterocycles. The first kappa shape index (κ1) is 27.8. The molecule has 196 valence electrons. The first-order valence-corrected chi connectivity index (χ1v) is 11.6. The van der Waals surface area contributed by atoms with Crippen molar-refractivity contribution in [2.75, 3.05) is 27.3 Å². The van der Waals surface area contributed by atoms with Crippen LogP contribution < -0.4 is 14.2 Å². The number of nitro groups is 1. The van der Waals surface area contributed by atoms with Crippen LogP contribution in [-0.4, -0.2) is 59.0 Å². The molecule has 3 aromatic rings. The maximum Gasteiger partial charge on any atom is 0.392 e. The van der Waals surface area contributed by atoms with Gasteiger partial charge in [0.15, 0.2) is 6.61 Å². The van der Waals surface area contributed by atoms with Crippen LogP contribution >= 0.6 is 15.9 Å². The maximum absolute atomic E-state index is 12.3. The number of benzene rings is 2. The number of hydrogen-bond donors (Lipinski definition) is 0. The van der Waals surface area contributed by atoms with Gasteiger partial charge in [0.1, 0.15) is 11.5 Å². The number of amides is 1. The summed E-state index contributed by atoms with van der Waals surface area (Å²) in [4.78, 5) is 44.6. The number of carbonyl (C=O) groups excluding carboxylic acids is 2. The van der Waals surface area contributed by atoms with Gasteiger partial charge in [0.2, 0.25) is 0 Å². The number of aromatic nitrogens is 2. The number of halogens is 1. The molecule has 0 unspecified atom stereocenters. The minimum atomic E-state index is -0.848. The Labute approximate surface area is 224 Å². The highest BCUT2D eigenvalue weighted by Gasteiger charge is 2.30. The van der Waals surface area contributed by atoms with E-state index in [9.17, 15) is 25.0 Å². The summed E-state index contributed by atoms with van der Waals surface area (Å²) in [6.45, 7) is 0.974. The van der Waals surface area contributed by atoms with Gasteiger partial charge in [-0.3, -0.25) is 14.9 Å². The van der Waals surface area contributed by atoms with Crippen molar-refractivity contribution in [1.29, 1.82) is 5.26 Å². The highest BCUT2D eigenvalue weighted by molar-refractivity contribution is 9.10. The third-order valence-electron chi connectivity index (χ3n) is 4.53. The molecule has 0 N–H and O–H groups in total. The molecule has 38 heavy (non-hydrogen) atoms. The summed E-state index contributed by atoms with van der Waals surface area (Å²) in [6, 6.07) is 11.9. The standard InChI is InChI=1S/C24H20BrN5O8/c1-4-35-19(31)13-36-21-20(30(33)34)22(37-18-9-14(12-26)8-16(25)11-18)28-24(27-21)38-17-7-5-6-15(10-17)23(32)29(2)3/h5-11H,4,13H2,1-3H3. The van der Waals surface area contributed by atoms with E-state index >= 15 is 0 Å². The van der Waals surface area contributed by atoms with Crippen LogP contribution in [0.5, 0.6) is 29.3 Å². The van der Waals surface area contributed by atoms with Crippen LogP contribution in [0.25, 0.3) is 0 Å². The lowest BCUT2D eigenvalue weighted by Gasteiger charge is -2.13. The third-order valence-corrected chi connectivity index (χ3v) is 4.98. The lowest BCUT2D eigenvalue weighted by Crippen LogP contribution is -2.21. The predicted molar refractivity (Wildman–Crippen MR) is 134 cm³/mol. The number of nitriles is 1. The first-order chi connectivity index (χ1) is 18.1. The van der Waals surface area contributed by atoms with E-state index < -0.39 is 41.0 Å². The predicted octanol–water partition coefficient (Wildman–Crippen LogP) is 4.25. The van der Waals surface area contributed by atoms with Crippen LogP contribution in [0.15, 0.2) is 46.9 Å². The zero-order valence-electron chi connectivity index (χ0n) is 20.3. The monoisotopic (exact) mass is 585 g/mol. The molecule has 0 aliphatic rings. The summed E-state index contributed by atoms with van der Waals surface area (Å²) in [5.74, 6) is -2.10. The topological polar surface area (TPSA) is 167 Å². The summed E-state index contributed by atoms with van der Waals surface area (Å²) in [7, 11) is 3.18. The Morgan fingerprint density at radius 3 is 2.50 bits per heavy atom. The minimum absolute atomic E-state index is 0.0404. The molecule has 2 aromatic carbocycles. The normalized spacial score (nSPS) is 10.2. The van der Waals surface area contributed by atoms with Gasteiger partial charge in [0.25, 0.3) is 5.91 Å². The molecule has 0 saturated heterocycles. The van der Waals surface area contributed by atoms with Crippen LogP contribution in [0, 0.1) is 21.4 Å². The van der Waals surface area contributed by atoms with Crippen molar-refractivity contribution in [2.45, 2.75) is 6.92 Å². The molecule has 3 rings (SSSR count). The van der Waals surface area contributed by atoms with E-state index in [0.29, 0.717) is 10.0 Å². The van der Waals surface area contributed by atoms with Gasteiger partial charge in [-0.15, -0.1) is 0 Å². The Morgan fingerprint density at radius 2 is 1.84 bits per heavy atom. The highest BCUT2D eigenvalue weighted by Crippen LogP contribution is 2.39. The molecular formula is C24H20BrN5O8. The van der Waals surface area contributed by atoms with E-state index in [1.165, 1.54) is 35.2 Å². The first-order valence-electron chi connectivity index (χ1n) is 10.8. The van der Waals surface area contributed by atoms with E-state index in [4.69, 9.17) is 18.9 Å². The van der Waals surface area contributed by atoms with Crippen LogP contribution in [-0.2, 0) is 9.53 Å². The molecule has 1 aromatic heterocycles. The molecule has 0 aliphatic carbocycles. The van der Waals surface area contributed by atoms with Crippen molar-refractivity contribution in [3.63, 3.8) is 0 Å². The van der Waals surface area contributed by atoms with Gasteiger partial charge in [-0.1, -0.05) is 22.0 Å². The van der Waals surface area contributed by atoms with E-state index in [1.807, 2.05) is 6.07 Å². The molecule has 0 bridgehead atoms. The molecule has 13 nitrogen and oxygen atoms in total. The zero-order valence-corrected chi connectivity index (χ0v) is 21.9. The van der Waals surface area contributed by atoms with Gasteiger partial charge < -0.3 is 23.8 Å². The SMILES string of the molecule is CCOC(=O)COc1nc(Oc2cccc(C(=O)N(C)C)c2)nc(Oc2cc(Br)cc(C#N)c2)c1[N+](=O)[O-]. The largest absolute Gasteiger partial charge is 0.463 e. The zero-order chi connectivity index (χ0) is 27.8. The quantitative estimate of drug-likeness (QED) is 0.189. The summed E-state index contributed by atoms with van der Waals surface area (Å²) < 4.78 is 21.9. The second kappa shape index (κ2) is 12.5. The van der Waals surface area contributed by atoms with Crippen LogP contribution in [0.3, 0.4) is 0 Å². The summed E-state index contributed by atoms with van der Waals surface area (Å²) >= 11 is 3.24. The van der Waals surface area contributed by atoms with Crippen molar-refractivity contribution in [2.24, 2.45) is 0 Å². The number of esters is 1. The molecule has 14 heteroatoms. The number of nitrogens with zero attached hydrogens (tertiary/aromatic N) is 5. The Kier molecular flexibility index (Phi) is 9.12. The fraction of sp³-hybridized carbons (Fsp3) is 0.208. The second-order valence-electron chi connectivity index (χ2n) is 7.53. The third kappa shape index (κ3) is 7.14. The smallest absolute Gasteiger partial charge is 0.392 e. The Hall–Kier alpha value is -4.77. The highest BCUT2D eigenvalue weighted by atomic mass is 79.9. The molecule has 1 heterocycles. The lowest BCUT2D eigenvalue weighted by molar-refractivity contribution is -0.387. The molecule has 0 fully saturated rings. The molecule has 0 saturated carbocycles. The van der Waals surface area contributed by atoms with Gasteiger partial charge in [-0.2, -0.15) is 15.2 Å². The second-order valence-corrected chi connectivity index (χ2v) is 8.45. The van der Waals surface area contributed by atoms with Crippen molar-refractivity contribution < 1.29 is 33.5 Å². The number of carbonyl (C=O) groups is 2. The van der Waals surface area contributed by atoms with Crippen molar-refractivity contribution in [3.8, 4) is 35.3 Å². The average molecular weight is 586 g/mol. The number of hydrogen-bond acceptors (Lipinski definition) is 11. The Balaban J connectivity index is 2.08. The lowest BCUT2D eigenvalue weighted by atomic mass is 10.2. The fourth-order valence-corrected chi connectivity index (χ4v) is 3.43. The Bertz CT molecular complexity index is 1420. The molecule has 1 amide bonds. The summed E-state index contributed by atoms with van der Waals surface area (Å²) in [5.41, 5.74) is -0.275. The van der Waals surface area contributed by atoms with Crippen LogP contribution in [0.1, 0.15) is 22.8 Å². The van der Waals surface area contributed by atoms with Crippen LogP contribution in [0.4, 0.5) is 5.69 Å². The summed E-state index contributed by atoms with van der Waals surface area (Å²) in [6.07, 6.45) is 0. The van der Waals surface area contributed by atoms with E-state index in [-0.39, 0.29) is 29.6 Å². The number of rotatable bonds is 10. The van der Waals surface area contributed by atoms with E-state index in [2.05, 4.69) is 25.9 Å². The van der Waals surface area contributed by atoms with Gasteiger partial charge in [-0.05, 0) is 43.3 Å². The van der Waals surface area contributed by atoms with Crippen LogP contribution in [0.2, 0.25) is 0 Å². The summed E-state index contributed by atoms with van der Waals surface area (Å²) in [5, 5.41) is 21.2. The minimum Gasteiger partial charge on any atom is -0.463 e. The molecule has 0 radical (unpaired) electrons. The van der Waals surface area contributed by atoms with Crippen molar-refractivity contribution >= 4 is 33.5 Å². The molecule has 0 atom stereocenters. The molecular weight excluding hydrogens is 566 g/mol. The maximum atomic E-state index is 12.3. The van der Waals surface area contributed by atoms with E-state index in [1.54, 1.807) is 33.2 Å². The van der Waals surface area contributed by atoms with Gasteiger partial charge >= 0.3 is 29.4 Å². The van der Waals surface area contributed by atoms with Gasteiger partial charge in [0.05, 0.1) is 23.2 Å². The fourth-order valence-electron chi connectivity index (χ4n) is 2.95. The van der Waals surface area contributed by atoms with Crippen molar-refractivity contribution in [3.05, 3.63) is 68.2 Å². The van der Waals surface area contributed by atoms with Gasteiger partial charge in [-0.25, -0.2) is 4.79 Å². The average Bonchev–Trinajstić information content (AvgIpc) is 2.86.